The second kappa shape index (κ2) is 14.0. The van der Waals surface area contributed by atoms with Crippen molar-refractivity contribution >= 4 is 22.4 Å². The van der Waals surface area contributed by atoms with E-state index in [0.29, 0.717) is 35.4 Å². The Labute approximate surface area is 242 Å². The smallest absolute Gasteiger partial charge is 0.296 e. The minimum Gasteiger partial charge on any atom is -0.496 e. The van der Waals surface area contributed by atoms with E-state index >= 15 is 0 Å². The summed E-state index contributed by atoms with van der Waals surface area (Å²) in [6, 6.07) is 6.15. The van der Waals surface area contributed by atoms with Crippen molar-refractivity contribution in [1.82, 2.24) is 15.2 Å². The van der Waals surface area contributed by atoms with E-state index in [1.807, 2.05) is 32.1 Å². The summed E-state index contributed by atoms with van der Waals surface area (Å²) >= 11 is 1.09. The van der Waals surface area contributed by atoms with Gasteiger partial charge in [-0.1, -0.05) is 29.7 Å². The molecule has 0 aliphatic carbocycles. The lowest BCUT2D eigenvalue weighted by atomic mass is 9.98. The predicted octanol–water partition coefficient (Wildman–Crippen LogP) is 6.29. The van der Waals surface area contributed by atoms with Crippen LogP contribution in [0.1, 0.15) is 43.2 Å². The van der Waals surface area contributed by atoms with Gasteiger partial charge in [-0.2, -0.15) is 0 Å². The molecule has 0 saturated carbocycles. The maximum atomic E-state index is 14.9. The van der Waals surface area contributed by atoms with Crippen LogP contribution in [0.5, 0.6) is 10.9 Å². The van der Waals surface area contributed by atoms with Crippen LogP contribution < -0.4 is 14.8 Å². The number of carbonyl (C=O) groups excluding carboxylic acids is 1. The Kier molecular flexibility index (Phi) is 10.2. The maximum absolute atomic E-state index is 14.9. The first-order valence-corrected chi connectivity index (χ1v) is 14.0. The number of aromatic nitrogens is 3. The molecular weight excluding hydrogens is 547 g/mol. The van der Waals surface area contributed by atoms with Gasteiger partial charge in [-0.05, 0) is 74.5 Å². The molecule has 1 saturated heterocycles. The fourth-order valence-corrected chi connectivity index (χ4v) is 4.50. The number of amides is 1. The molecule has 1 aliphatic heterocycles. The first kappa shape index (κ1) is 29.9. The summed E-state index contributed by atoms with van der Waals surface area (Å²) in [6.07, 6.45) is 8.13. The maximum Gasteiger partial charge on any atom is 0.296 e. The number of nitrogens with one attached hydrogen (secondary N) is 1. The molecule has 216 valence electrons. The van der Waals surface area contributed by atoms with Crippen LogP contribution >= 0.6 is 11.3 Å². The fourth-order valence-electron chi connectivity index (χ4n) is 3.91. The van der Waals surface area contributed by atoms with Gasteiger partial charge in [-0.15, -0.1) is 5.10 Å². The lowest BCUT2D eigenvalue weighted by Gasteiger charge is -2.27. The van der Waals surface area contributed by atoms with E-state index in [4.69, 9.17) is 18.9 Å². The Balaban J connectivity index is 1.46. The van der Waals surface area contributed by atoms with E-state index in [9.17, 15) is 9.18 Å². The average molecular weight is 581 g/mol. The van der Waals surface area contributed by atoms with Crippen molar-refractivity contribution in [2.45, 2.75) is 40.2 Å². The monoisotopic (exact) mass is 580 g/mol. The number of halogens is 1. The van der Waals surface area contributed by atoms with Gasteiger partial charge in [0.05, 0.1) is 31.5 Å². The Morgan fingerprint density at radius 1 is 1.27 bits per heavy atom. The molecule has 2 aromatic heterocycles. The van der Waals surface area contributed by atoms with Crippen LogP contribution in [0.3, 0.4) is 0 Å². The summed E-state index contributed by atoms with van der Waals surface area (Å²) in [7, 11) is 1.45. The van der Waals surface area contributed by atoms with Crippen LogP contribution in [0.15, 0.2) is 65.6 Å². The molecular formula is C30H33FN4O5S. The summed E-state index contributed by atoms with van der Waals surface area (Å²) < 4.78 is 37.2. The van der Waals surface area contributed by atoms with Crippen LogP contribution in [0.4, 0.5) is 9.52 Å². The standard InChI is InChI=1S/C30H33FN4O5S/c1-6-18(3)20(11-12-21(7-2)40-22-16-38-17-22)15-39-30-35-34-29(41-30)33-28(36)24-14-32-19(4)13-23(24)27-25(31)9-8-10-26(27)37-5/h7-14,22H,6,15-17H2,1-5H3,(H,33,34,36)/b12-11-,20-18+,21-7+. The van der Waals surface area contributed by atoms with Gasteiger partial charge >= 0.3 is 0 Å². The first-order valence-electron chi connectivity index (χ1n) is 13.2. The molecule has 11 heteroatoms. The second-order valence-corrected chi connectivity index (χ2v) is 10.2. The number of rotatable bonds is 12. The van der Waals surface area contributed by atoms with Crippen molar-refractivity contribution < 1.29 is 28.1 Å². The normalized spacial score (nSPS) is 14.4. The van der Waals surface area contributed by atoms with E-state index in [-0.39, 0.29) is 29.0 Å². The van der Waals surface area contributed by atoms with E-state index in [1.165, 1.54) is 19.4 Å². The van der Waals surface area contributed by atoms with Crippen LogP contribution in [-0.4, -0.2) is 54.1 Å². The van der Waals surface area contributed by atoms with Crippen molar-refractivity contribution in [3.05, 3.63) is 82.7 Å². The van der Waals surface area contributed by atoms with E-state index in [1.54, 1.807) is 25.1 Å². The van der Waals surface area contributed by atoms with Crippen molar-refractivity contribution in [2.24, 2.45) is 0 Å². The number of hydrogen-bond acceptors (Lipinski definition) is 9. The van der Waals surface area contributed by atoms with E-state index in [2.05, 4.69) is 27.4 Å². The van der Waals surface area contributed by atoms with Gasteiger partial charge in [0.25, 0.3) is 11.1 Å². The van der Waals surface area contributed by atoms with Gasteiger partial charge in [0.1, 0.15) is 30.0 Å². The molecule has 0 bridgehead atoms. The lowest BCUT2D eigenvalue weighted by molar-refractivity contribution is -0.105. The Bertz CT molecular complexity index is 1480. The molecule has 41 heavy (non-hydrogen) atoms. The Morgan fingerprint density at radius 3 is 2.76 bits per heavy atom. The number of ether oxygens (including phenoxy) is 4. The topological polar surface area (TPSA) is 105 Å². The zero-order valence-corrected chi connectivity index (χ0v) is 24.5. The molecule has 4 rings (SSSR count). The number of anilines is 1. The quantitative estimate of drug-likeness (QED) is 0.197. The SMILES string of the molecule is C\C=C(/C=C\C(COc1nnc(NC(=O)c2cnc(C)cc2-c2c(F)cccc2OC)s1)=C(\C)CC)OC1COC1. The van der Waals surface area contributed by atoms with E-state index < -0.39 is 11.7 Å². The highest BCUT2D eigenvalue weighted by atomic mass is 32.1. The summed E-state index contributed by atoms with van der Waals surface area (Å²) in [5.41, 5.74) is 3.47. The van der Waals surface area contributed by atoms with Crippen LogP contribution in [0, 0.1) is 12.7 Å². The zero-order chi connectivity index (χ0) is 29.4. The summed E-state index contributed by atoms with van der Waals surface area (Å²) in [6.45, 7) is 9.27. The molecule has 1 aromatic carbocycles. The first-order chi connectivity index (χ1) is 19.8. The predicted molar refractivity (Wildman–Crippen MR) is 156 cm³/mol. The lowest BCUT2D eigenvalue weighted by Crippen LogP contribution is -2.35. The molecule has 1 amide bonds. The van der Waals surface area contributed by atoms with Crippen molar-refractivity contribution in [2.75, 3.05) is 32.2 Å². The molecule has 0 atom stereocenters. The Hall–Kier alpha value is -4.09. The fraction of sp³-hybridized carbons (Fsp3) is 0.333. The number of pyridine rings is 1. The highest BCUT2D eigenvalue weighted by Crippen LogP contribution is 2.35. The van der Waals surface area contributed by atoms with Crippen molar-refractivity contribution in [3.8, 4) is 22.1 Å². The van der Waals surface area contributed by atoms with Crippen LogP contribution in [0.2, 0.25) is 0 Å². The van der Waals surface area contributed by atoms with Gasteiger partial charge in [0, 0.05) is 17.5 Å². The van der Waals surface area contributed by atoms with Gasteiger partial charge in [0.2, 0.25) is 5.13 Å². The molecule has 3 heterocycles. The number of carbonyl (C=O) groups is 1. The Morgan fingerprint density at radius 2 is 2.07 bits per heavy atom. The minimum absolute atomic E-state index is 0.0809. The van der Waals surface area contributed by atoms with Gasteiger partial charge < -0.3 is 18.9 Å². The number of aryl methyl sites for hydroxylation is 1. The zero-order valence-electron chi connectivity index (χ0n) is 23.7. The highest BCUT2D eigenvalue weighted by Gasteiger charge is 2.22. The third kappa shape index (κ3) is 7.56. The molecule has 0 unspecified atom stereocenters. The molecule has 1 fully saturated rings. The largest absolute Gasteiger partial charge is 0.496 e. The molecule has 1 aliphatic rings. The third-order valence-corrected chi connectivity index (χ3v) is 7.20. The number of allylic oxidation sites excluding steroid dienone is 3. The van der Waals surface area contributed by atoms with E-state index in [0.717, 1.165) is 34.7 Å². The van der Waals surface area contributed by atoms with Gasteiger partial charge in [0.15, 0.2) is 0 Å². The number of benzene rings is 1. The molecule has 1 N–H and O–H groups in total. The molecule has 3 aromatic rings. The number of nitrogens with zero attached hydrogens (tertiary/aromatic N) is 3. The highest BCUT2D eigenvalue weighted by molar-refractivity contribution is 7.17. The minimum atomic E-state index is -0.513. The number of methoxy groups -OCH3 is 1. The molecule has 9 nitrogen and oxygen atoms in total. The third-order valence-electron chi connectivity index (χ3n) is 6.45. The second-order valence-electron chi connectivity index (χ2n) is 9.27. The van der Waals surface area contributed by atoms with Crippen molar-refractivity contribution in [3.63, 3.8) is 0 Å². The van der Waals surface area contributed by atoms with Crippen LogP contribution in [0.25, 0.3) is 11.1 Å². The van der Waals surface area contributed by atoms with Gasteiger partial charge in [-0.3, -0.25) is 15.1 Å². The number of hydrogen-bond donors (Lipinski definition) is 1. The van der Waals surface area contributed by atoms with Gasteiger partial charge in [-0.25, -0.2) is 4.39 Å². The summed E-state index contributed by atoms with van der Waals surface area (Å²) in [4.78, 5) is 17.5. The molecule has 0 spiro atoms. The van der Waals surface area contributed by atoms with Crippen molar-refractivity contribution in [1.29, 1.82) is 0 Å². The average Bonchev–Trinajstić information content (AvgIpc) is 3.39. The van der Waals surface area contributed by atoms with Crippen LogP contribution in [-0.2, 0) is 9.47 Å². The molecule has 0 radical (unpaired) electrons. The summed E-state index contributed by atoms with van der Waals surface area (Å²) in [5.74, 6) is 0.0444. The summed E-state index contributed by atoms with van der Waals surface area (Å²) in [5, 5.41) is 11.4.